The van der Waals surface area contributed by atoms with Gasteiger partial charge in [0.15, 0.2) is 6.10 Å². The Labute approximate surface area is 142 Å². The lowest BCUT2D eigenvalue weighted by Gasteiger charge is -2.32. The van der Waals surface area contributed by atoms with E-state index in [1.165, 1.54) is 26.8 Å². The molecule has 1 aromatic carbocycles. The van der Waals surface area contributed by atoms with Crippen LogP contribution in [0.5, 0.6) is 5.75 Å². The summed E-state index contributed by atoms with van der Waals surface area (Å²) >= 11 is 0. The van der Waals surface area contributed by atoms with Crippen molar-refractivity contribution in [1.82, 2.24) is 0 Å². The first-order valence-electron chi connectivity index (χ1n) is 7.92. The topological polar surface area (TPSA) is 46.5 Å². The number of halogens is 2. The lowest BCUT2D eigenvalue weighted by molar-refractivity contribution is -0.134. The third-order valence-electron chi connectivity index (χ3n) is 3.59. The van der Waals surface area contributed by atoms with Crippen molar-refractivity contribution < 1.29 is 23.4 Å². The summed E-state index contributed by atoms with van der Waals surface area (Å²) in [5.74, 6) is -0.626. The zero-order valence-electron chi connectivity index (χ0n) is 15.1. The lowest BCUT2D eigenvalue weighted by Crippen LogP contribution is -2.42. The highest BCUT2D eigenvalue weighted by Crippen LogP contribution is 2.37. The number of benzene rings is 1. The van der Waals surface area contributed by atoms with E-state index in [2.05, 4.69) is 20.8 Å². The molecule has 0 bridgehead atoms. The molecule has 1 aliphatic rings. The fraction of sp³-hybridized carbons (Fsp3) is 0.526. The predicted octanol–water partition coefficient (Wildman–Crippen LogP) is 4.94. The van der Waals surface area contributed by atoms with Crippen molar-refractivity contribution in [1.29, 1.82) is 0 Å². The summed E-state index contributed by atoms with van der Waals surface area (Å²) in [7, 11) is 0. The van der Waals surface area contributed by atoms with Crippen LogP contribution in [-0.4, -0.2) is 29.5 Å². The quantitative estimate of drug-likeness (QED) is 0.830. The molecule has 1 atom stereocenters. The fourth-order valence-electron chi connectivity index (χ4n) is 2.34. The zero-order chi connectivity index (χ0) is 18.7. The van der Waals surface area contributed by atoms with Gasteiger partial charge in [0, 0.05) is 5.56 Å². The first-order valence-corrected chi connectivity index (χ1v) is 7.92. The number of carboxylic acid groups (broad SMARTS) is 1. The predicted molar refractivity (Wildman–Crippen MR) is 92.0 cm³/mol. The molecule has 1 unspecified atom stereocenters. The van der Waals surface area contributed by atoms with Crippen LogP contribution in [0.1, 0.15) is 52.7 Å². The van der Waals surface area contributed by atoms with E-state index in [1.807, 2.05) is 18.2 Å². The Balaban J connectivity index is 0.000000891. The van der Waals surface area contributed by atoms with Gasteiger partial charge >= 0.3 is 5.97 Å². The van der Waals surface area contributed by atoms with E-state index < -0.39 is 17.7 Å². The maximum Gasteiger partial charge on any atom is 0.335 e. The van der Waals surface area contributed by atoms with Crippen LogP contribution in [0.3, 0.4) is 0 Å². The molecule has 1 aliphatic heterocycles. The second-order valence-electron chi connectivity index (χ2n) is 7.24. The summed E-state index contributed by atoms with van der Waals surface area (Å²) in [5, 5.41) is 9.27. The smallest absolute Gasteiger partial charge is 0.335 e. The van der Waals surface area contributed by atoms with Gasteiger partial charge in [-0.2, -0.15) is 0 Å². The average Bonchev–Trinajstić information content (AvgIpc) is 2.44. The van der Waals surface area contributed by atoms with E-state index in [0.717, 1.165) is 5.56 Å². The van der Waals surface area contributed by atoms with Crippen LogP contribution in [0.25, 0.3) is 6.08 Å². The molecular weight excluding hydrogens is 314 g/mol. The Bertz CT molecular complexity index is 622. The largest absolute Gasteiger partial charge is 0.481 e. The van der Waals surface area contributed by atoms with Crippen LogP contribution in [0.2, 0.25) is 0 Å². The van der Waals surface area contributed by atoms with Gasteiger partial charge in [-0.25, -0.2) is 9.18 Å². The van der Waals surface area contributed by atoms with E-state index in [1.54, 1.807) is 0 Å². The van der Waals surface area contributed by atoms with Gasteiger partial charge in [0.05, 0.1) is 12.2 Å². The summed E-state index contributed by atoms with van der Waals surface area (Å²) in [4.78, 5) is 11.3. The zero-order valence-corrected chi connectivity index (χ0v) is 15.1. The molecule has 0 fully saturated rings. The van der Waals surface area contributed by atoms with E-state index in [0.29, 0.717) is 11.3 Å². The minimum atomic E-state index is -1.78. The average molecular weight is 340 g/mol. The van der Waals surface area contributed by atoms with Gasteiger partial charge in [0.1, 0.15) is 11.4 Å². The summed E-state index contributed by atoms with van der Waals surface area (Å²) in [6, 6.07) is 5.63. The Hall–Kier alpha value is -1.91. The van der Waals surface area contributed by atoms with Crippen molar-refractivity contribution in [3.8, 4) is 5.75 Å². The van der Waals surface area contributed by atoms with Crippen molar-refractivity contribution in [2.24, 2.45) is 0 Å². The first-order chi connectivity index (χ1) is 10.9. The molecular formula is C19H26F2O3. The maximum absolute atomic E-state index is 14.3. The first kappa shape index (κ1) is 20.1. The number of ether oxygens (including phenoxy) is 1. The van der Waals surface area contributed by atoms with Gasteiger partial charge in [-0.05, 0) is 43.9 Å². The van der Waals surface area contributed by atoms with Crippen molar-refractivity contribution in [2.45, 2.75) is 58.7 Å². The molecule has 3 nitrogen and oxygen atoms in total. The molecule has 0 radical (unpaired) electrons. The van der Waals surface area contributed by atoms with Crippen molar-refractivity contribution in [3.63, 3.8) is 0 Å². The highest BCUT2D eigenvalue weighted by molar-refractivity contribution is 5.95. The van der Waals surface area contributed by atoms with Crippen molar-refractivity contribution >= 4 is 12.0 Å². The number of carboxylic acids is 1. The molecule has 0 amide bonds. The summed E-state index contributed by atoms with van der Waals surface area (Å²) in [5.41, 5.74) is -0.168. The Kier molecular flexibility index (Phi) is 6.15. The third-order valence-corrected chi connectivity index (χ3v) is 3.59. The van der Waals surface area contributed by atoms with E-state index in [4.69, 9.17) is 4.74 Å². The number of carbonyl (C=O) groups is 1. The van der Waals surface area contributed by atoms with Crippen LogP contribution < -0.4 is 4.74 Å². The summed E-state index contributed by atoms with van der Waals surface area (Å²) < 4.78 is 30.3. The molecule has 2 rings (SSSR count). The van der Waals surface area contributed by atoms with E-state index >= 15 is 0 Å². The van der Waals surface area contributed by atoms with Crippen LogP contribution in [0, 0.1) is 0 Å². The highest BCUT2D eigenvalue weighted by atomic mass is 19.1. The van der Waals surface area contributed by atoms with Crippen molar-refractivity contribution in [3.05, 3.63) is 34.9 Å². The third kappa shape index (κ3) is 4.79. The monoisotopic (exact) mass is 340 g/mol. The molecule has 134 valence electrons. The Morgan fingerprint density at radius 3 is 2.21 bits per heavy atom. The molecule has 5 heteroatoms. The number of aliphatic carboxylic acids is 1. The molecule has 1 aromatic rings. The van der Waals surface area contributed by atoms with Crippen LogP contribution in [-0.2, 0) is 10.2 Å². The molecule has 0 aliphatic carbocycles. The van der Waals surface area contributed by atoms with Crippen LogP contribution >= 0.6 is 0 Å². The van der Waals surface area contributed by atoms with Gasteiger partial charge in [0.25, 0.3) is 0 Å². The number of rotatable bonds is 2. The van der Waals surface area contributed by atoms with Gasteiger partial charge in [-0.3, -0.25) is 4.39 Å². The minimum Gasteiger partial charge on any atom is -0.481 e. The van der Waals surface area contributed by atoms with Crippen molar-refractivity contribution in [2.75, 3.05) is 6.67 Å². The number of hydrogen-bond acceptors (Lipinski definition) is 2. The molecule has 24 heavy (non-hydrogen) atoms. The Morgan fingerprint density at radius 1 is 1.25 bits per heavy atom. The van der Waals surface area contributed by atoms with Gasteiger partial charge in [-0.1, -0.05) is 32.9 Å². The normalized spacial score (nSPS) is 17.0. The molecule has 1 heterocycles. The summed E-state index contributed by atoms with van der Waals surface area (Å²) in [6.45, 7) is 10.1. The number of hydrogen-bond donors (Lipinski definition) is 1. The van der Waals surface area contributed by atoms with Crippen LogP contribution in [0.15, 0.2) is 23.8 Å². The SMILES string of the molecule is CC(C)(C)c1ccc2c(c1)OC(C(C)(C)F)C(C(=O)O)=C2.CCF. The number of alkyl halides is 2. The maximum atomic E-state index is 14.3. The summed E-state index contributed by atoms with van der Waals surface area (Å²) in [6.07, 6.45) is 0.386. The number of fused-ring (bicyclic) bond motifs is 1. The molecule has 0 saturated heterocycles. The fourth-order valence-corrected chi connectivity index (χ4v) is 2.34. The lowest BCUT2D eigenvalue weighted by atomic mass is 9.85. The second-order valence-corrected chi connectivity index (χ2v) is 7.24. The minimum absolute atomic E-state index is 0.0569. The Morgan fingerprint density at radius 2 is 1.79 bits per heavy atom. The standard InChI is InChI=1S/C17H21FO3.C2H5F/c1-16(2,3)11-7-6-10-8-12(15(19)20)14(17(4,5)18)21-13(10)9-11;1-2-3/h6-9,14H,1-5H3,(H,19,20);2H2,1H3. The van der Waals surface area contributed by atoms with E-state index in [-0.39, 0.29) is 17.7 Å². The molecule has 0 spiro atoms. The van der Waals surface area contributed by atoms with Gasteiger partial charge in [0.2, 0.25) is 0 Å². The molecule has 1 N–H and O–H groups in total. The highest BCUT2D eigenvalue weighted by Gasteiger charge is 2.40. The van der Waals surface area contributed by atoms with E-state index in [9.17, 15) is 18.7 Å². The second kappa shape index (κ2) is 7.32. The van der Waals surface area contributed by atoms with Crippen LogP contribution in [0.4, 0.5) is 8.78 Å². The molecule has 0 saturated carbocycles. The molecule has 0 aromatic heterocycles. The van der Waals surface area contributed by atoms with Gasteiger partial charge in [-0.15, -0.1) is 0 Å². The van der Waals surface area contributed by atoms with Gasteiger partial charge < -0.3 is 9.84 Å².